The van der Waals surface area contributed by atoms with Crippen molar-refractivity contribution in [2.45, 2.75) is 39.0 Å². The molecule has 0 unspecified atom stereocenters. The third kappa shape index (κ3) is 5.21. The Morgan fingerprint density at radius 2 is 1.88 bits per heavy atom. The molecule has 4 rings (SSSR count). The zero-order valence-corrected chi connectivity index (χ0v) is 21.6. The number of fused-ring (bicyclic) bond motifs is 2. The van der Waals surface area contributed by atoms with Crippen LogP contribution in [0.4, 0.5) is 11.8 Å². The number of ether oxygens (including phenoxy) is 1. The summed E-state index contributed by atoms with van der Waals surface area (Å²) in [6.45, 7) is 7.98. The SMILES string of the molecule is C[Si](C)(C)CCOCn1nc(-c2cccc3c2cnn3CCS(C)(=O)=O)c2c(N)nc(N)nc21. The van der Waals surface area contributed by atoms with Gasteiger partial charge in [0.25, 0.3) is 0 Å². The Morgan fingerprint density at radius 1 is 1.12 bits per heavy atom. The summed E-state index contributed by atoms with van der Waals surface area (Å²) in [4.78, 5) is 8.52. The summed E-state index contributed by atoms with van der Waals surface area (Å²) in [7, 11) is -4.35. The Morgan fingerprint density at radius 3 is 2.59 bits per heavy atom. The third-order valence-electron chi connectivity index (χ3n) is 5.46. The van der Waals surface area contributed by atoms with Gasteiger partial charge in [0.15, 0.2) is 5.65 Å². The van der Waals surface area contributed by atoms with Crippen molar-refractivity contribution >= 4 is 51.6 Å². The van der Waals surface area contributed by atoms with E-state index in [1.807, 2.05) is 18.2 Å². The number of nitrogen functional groups attached to an aromatic ring is 2. The second kappa shape index (κ2) is 8.96. The summed E-state index contributed by atoms with van der Waals surface area (Å²) in [5.74, 6) is 0.291. The highest BCUT2D eigenvalue weighted by Crippen LogP contribution is 2.35. The fourth-order valence-electron chi connectivity index (χ4n) is 3.66. The monoisotopic (exact) mass is 502 g/mol. The van der Waals surface area contributed by atoms with Crippen molar-refractivity contribution < 1.29 is 13.2 Å². The quantitative estimate of drug-likeness (QED) is 0.259. The predicted molar refractivity (Wildman–Crippen MR) is 137 cm³/mol. The normalized spacial score (nSPS) is 12.7. The van der Waals surface area contributed by atoms with E-state index in [0.29, 0.717) is 23.3 Å². The molecule has 3 aromatic heterocycles. The second-order valence-corrected chi connectivity index (χ2v) is 17.5. The molecule has 3 heterocycles. The number of sulfone groups is 1. The van der Waals surface area contributed by atoms with Gasteiger partial charge < -0.3 is 16.2 Å². The minimum absolute atomic E-state index is 0.000389. The van der Waals surface area contributed by atoms with E-state index in [0.717, 1.165) is 22.5 Å². The molecule has 0 spiro atoms. The Bertz CT molecular complexity index is 1460. The second-order valence-electron chi connectivity index (χ2n) is 9.60. The van der Waals surface area contributed by atoms with Gasteiger partial charge in [0.1, 0.15) is 28.1 Å². The standard InChI is InChI=1S/C21H30N8O3SSi/c1-33(30,31)10-8-28-16-7-5-6-14(15(16)12-24-28)18-17-19(22)25-21(23)26-20(17)29(27-18)13-32-9-11-34(2,3)4/h5-7,12H,8-11,13H2,1-4H3,(H4,22,23,25,26). The molecule has 0 atom stereocenters. The maximum Gasteiger partial charge on any atom is 0.224 e. The molecule has 0 amide bonds. The van der Waals surface area contributed by atoms with Gasteiger partial charge in [0.05, 0.1) is 29.4 Å². The van der Waals surface area contributed by atoms with Crippen molar-refractivity contribution in [1.82, 2.24) is 29.5 Å². The van der Waals surface area contributed by atoms with Crippen LogP contribution in [-0.2, 0) is 27.8 Å². The maximum atomic E-state index is 11.6. The minimum Gasteiger partial charge on any atom is -0.383 e. The number of aromatic nitrogens is 6. The molecular weight excluding hydrogens is 472 g/mol. The highest BCUT2D eigenvalue weighted by molar-refractivity contribution is 7.90. The van der Waals surface area contributed by atoms with Crippen molar-refractivity contribution in [1.29, 1.82) is 0 Å². The summed E-state index contributed by atoms with van der Waals surface area (Å²) >= 11 is 0. The van der Waals surface area contributed by atoms with Crippen LogP contribution >= 0.6 is 0 Å². The molecule has 1 aromatic carbocycles. The third-order valence-corrected chi connectivity index (χ3v) is 8.09. The van der Waals surface area contributed by atoms with Crippen LogP contribution in [0.15, 0.2) is 24.4 Å². The first kappa shape index (κ1) is 24.1. The minimum atomic E-state index is -3.12. The van der Waals surface area contributed by atoms with Crippen LogP contribution in [0.1, 0.15) is 0 Å². The van der Waals surface area contributed by atoms with E-state index < -0.39 is 17.9 Å². The largest absolute Gasteiger partial charge is 0.383 e. The fourth-order valence-corrected chi connectivity index (χ4v) is 4.92. The summed E-state index contributed by atoms with van der Waals surface area (Å²) < 4.78 is 32.5. The molecule has 34 heavy (non-hydrogen) atoms. The van der Waals surface area contributed by atoms with Gasteiger partial charge in [0.2, 0.25) is 5.95 Å². The number of aryl methyl sites for hydroxylation is 1. The first-order valence-corrected chi connectivity index (χ1v) is 16.7. The van der Waals surface area contributed by atoms with Crippen molar-refractivity contribution in [2.24, 2.45) is 0 Å². The van der Waals surface area contributed by atoms with E-state index in [1.165, 1.54) is 6.26 Å². The van der Waals surface area contributed by atoms with Crippen LogP contribution in [0.5, 0.6) is 0 Å². The van der Waals surface area contributed by atoms with Crippen LogP contribution < -0.4 is 11.5 Å². The molecular formula is C21H30N8O3SSi. The molecule has 0 radical (unpaired) electrons. The van der Waals surface area contributed by atoms with E-state index in [2.05, 4.69) is 34.7 Å². The molecule has 0 saturated carbocycles. The molecule has 11 nitrogen and oxygen atoms in total. The number of anilines is 2. The molecule has 0 aliphatic carbocycles. The smallest absolute Gasteiger partial charge is 0.224 e. The lowest BCUT2D eigenvalue weighted by Gasteiger charge is -2.15. The molecule has 0 saturated heterocycles. The van der Waals surface area contributed by atoms with Crippen LogP contribution in [0.3, 0.4) is 0 Å². The number of benzene rings is 1. The average Bonchev–Trinajstić information content (AvgIpc) is 3.30. The Labute approximate surface area is 199 Å². The van der Waals surface area contributed by atoms with Gasteiger partial charge in [-0.1, -0.05) is 31.8 Å². The van der Waals surface area contributed by atoms with Gasteiger partial charge in [-0.15, -0.1) is 0 Å². The van der Waals surface area contributed by atoms with E-state index in [9.17, 15) is 8.42 Å². The van der Waals surface area contributed by atoms with Crippen molar-refractivity contribution in [2.75, 3.05) is 30.1 Å². The average molecular weight is 503 g/mol. The van der Waals surface area contributed by atoms with Crippen LogP contribution in [0.2, 0.25) is 25.7 Å². The van der Waals surface area contributed by atoms with Gasteiger partial charge in [-0.05, 0) is 12.1 Å². The number of nitrogens with zero attached hydrogens (tertiary/aromatic N) is 6. The predicted octanol–water partition coefficient (Wildman–Crippen LogP) is 2.36. The molecule has 4 N–H and O–H groups in total. The molecule has 0 aliphatic rings. The van der Waals surface area contributed by atoms with Crippen LogP contribution in [-0.4, -0.2) is 64.6 Å². The lowest BCUT2D eigenvalue weighted by molar-refractivity contribution is 0.0814. The molecule has 0 fully saturated rings. The highest BCUT2D eigenvalue weighted by Gasteiger charge is 2.21. The molecule has 0 bridgehead atoms. The lowest BCUT2D eigenvalue weighted by atomic mass is 10.1. The Balaban J connectivity index is 1.76. The van der Waals surface area contributed by atoms with Gasteiger partial charge in [-0.2, -0.15) is 20.2 Å². The topological polar surface area (TPSA) is 157 Å². The van der Waals surface area contributed by atoms with Crippen LogP contribution in [0, 0.1) is 0 Å². The van der Waals surface area contributed by atoms with Crippen molar-refractivity contribution in [3.8, 4) is 11.3 Å². The number of nitrogens with two attached hydrogens (primary N) is 2. The zero-order chi connectivity index (χ0) is 24.7. The highest BCUT2D eigenvalue weighted by atomic mass is 32.2. The lowest BCUT2D eigenvalue weighted by Crippen LogP contribution is -2.22. The van der Waals surface area contributed by atoms with Gasteiger partial charge >= 0.3 is 0 Å². The molecule has 182 valence electrons. The summed E-state index contributed by atoms with van der Waals surface area (Å²) in [6.07, 6.45) is 2.92. The van der Waals surface area contributed by atoms with E-state index in [1.54, 1.807) is 15.6 Å². The van der Waals surface area contributed by atoms with Crippen LogP contribution in [0.25, 0.3) is 33.2 Å². The van der Waals surface area contributed by atoms with Crippen molar-refractivity contribution in [3.05, 3.63) is 24.4 Å². The van der Waals surface area contributed by atoms with Gasteiger partial charge in [-0.25, -0.2) is 13.1 Å². The summed E-state index contributed by atoms with van der Waals surface area (Å²) in [5.41, 5.74) is 14.8. The first-order chi connectivity index (χ1) is 15.9. The zero-order valence-electron chi connectivity index (χ0n) is 19.8. The van der Waals surface area contributed by atoms with Crippen molar-refractivity contribution in [3.63, 3.8) is 0 Å². The van der Waals surface area contributed by atoms with E-state index >= 15 is 0 Å². The number of rotatable bonds is 9. The maximum absolute atomic E-state index is 11.6. The van der Waals surface area contributed by atoms with Gasteiger partial charge in [-0.3, -0.25) is 4.68 Å². The molecule has 0 aliphatic heterocycles. The number of hydrogen-bond donors (Lipinski definition) is 2. The molecule has 4 aromatic rings. The van der Waals surface area contributed by atoms with Gasteiger partial charge in [0, 0.05) is 31.9 Å². The molecule has 13 heteroatoms. The fraction of sp³-hybridized carbons (Fsp3) is 0.429. The van der Waals surface area contributed by atoms with E-state index in [-0.39, 0.29) is 30.8 Å². The Hall–Kier alpha value is -3.03. The summed E-state index contributed by atoms with van der Waals surface area (Å²) in [6, 6.07) is 6.72. The number of hydrogen-bond acceptors (Lipinski definition) is 9. The Kier molecular flexibility index (Phi) is 6.35. The summed E-state index contributed by atoms with van der Waals surface area (Å²) in [5, 5.41) is 10.6. The van der Waals surface area contributed by atoms with E-state index in [4.69, 9.17) is 21.3 Å². The first-order valence-electron chi connectivity index (χ1n) is 10.9.